The fourth-order valence-electron chi connectivity index (χ4n) is 3.26. The molecule has 2 heterocycles. The zero-order valence-corrected chi connectivity index (χ0v) is 12.9. The normalized spacial score (nSPS) is 23.0. The minimum absolute atomic E-state index is 0.582. The Balaban J connectivity index is 2.66. The molecule has 0 saturated carbocycles. The topological polar surface area (TPSA) is 87.7 Å². The largest absolute Gasteiger partial charge is 0.443 e. The van der Waals surface area contributed by atoms with Crippen LogP contribution in [0, 0.1) is 0 Å². The summed E-state index contributed by atoms with van der Waals surface area (Å²) in [6.07, 6.45) is 0. The number of urea groups is 4. The summed E-state index contributed by atoms with van der Waals surface area (Å²) in [5.74, 6) is 0. The molecule has 2 rings (SSSR count). The van der Waals surface area contributed by atoms with Crippen molar-refractivity contribution in [3.8, 4) is 0 Å². The van der Waals surface area contributed by atoms with Crippen LogP contribution in [0.3, 0.4) is 0 Å². The summed E-state index contributed by atoms with van der Waals surface area (Å²) in [4.78, 5) is 55.9. The molecule has 0 aliphatic carbocycles. The van der Waals surface area contributed by atoms with Gasteiger partial charge in [0.05, 0.1) is 0 Å². The summed E-state index contributed by atoms with van der Waals surface area (Å²) in [5, 5.41) is 0. The highest BCUT2D eigenvalue weighted by Crippen LogP contribution is 2.31. The lowest BCUT2D eigenvalue weighted by Gasteiger charge is -2.68. The van der Waals surface area contributed by atoms with Gasteiger partial charge in [-0.3, -0.25) is 29.0 Å². The van der Waals surface area contributed by atoms with E-state index >= 15 is 0 Å². The van der Waals surface area contributed by atoms with Gasteiger partial charge in [-0.05, 0) is 28.2 Å². The Hall–Kier alpha value is -2.46. The second-order valence-electron chi connectivity index (χ2n) is 5.38. The van der Waals surface area contributed by atoms with Gasteiger partial charge in [0, 0.05) is 14.1 Å². The Morgan fingerprint density at radius 1 is 0.524 bits per heavy atom. The quantitative estimate of drug-likeness (QED) is 0.565. The van der Waals surface area contributed by atoms with E-state index in [1.165, 1.54) is 61.5 Å². The van der Waals surface area contributed by atoms with E-state index in [0.29, 0.717) is 0 Å². The summed E-state index contributed by atoms with van der Waals surface area (Å²) in [7, 11) is 8.53. The fraction of sp³-hybridized carbons (Fsp3) is 0.600. The highest BCUT2D eigenvalue weighted by Gasteiger charge is 2.58. The maximum absolute atomic E-state index is 12.3. The van der Waals surface area contributed by atoms with Crippen LogP contribution in [-0.4, -0.2) is 102 Å². The van der Waals surface area contributed by atoms with E-state index in [-0.39, 0.29) is 0 Å². The summed E-state index contributed by atoms with van der Waals surface area (Å²) in [5.41, 5.74) is 0. The van der Waals surface area contributed by atoms with Crippen molar-refractivity contribution in [3.05, 3.63) is 0 Å². The van der Waals surface area contributed by atoms with E-state index < -0.39 is 30.8 Å². The summed E-state index contributed by atoms with van der Waals surface area (Å²) >= 11 is 0. The van der Waals surface area contributed by atoms with E-state index in [9.17, 15) is 19.2 Å². The van der Waals surface area contributed by atoms with Gasteiger partial charge in [0.25, 0.3) is 24.1 Å². The zero-order valence-electron chi connectivity index (χ0n) is 12.9. The minimum atomic E-state index is -2.45. The monoisotopic (exact) mass is 297 g/mol. The summed E-state index contributed by atoms with van der Waals surface area (Å²) in [6, 6.07) is -2.33. The second kappa shape index (κ2) is 4.27. The molecule has 0 aromatic carbocycles. The molecular formula is C10H18BN6O4-. The van der Waals surface area contributed by atoms with Gasteiger partial charge >= 0.3 is 6.69 Å². The lowest BCUT2D eigenvalue weighted by atomic mass is 9.64. The first-order valence-corrected chi connectivity index (χ1v) is 6.32. The Kier molecular flexibility index (Phi) is 3.04. The fourth-order valence-corrected chi connectivity index (χ4v) is 3.26. The van der Waals surface area contributed by atoms with Crippen LogP contribution in [0.5, 0.6) is 0 Å². The molecule has 8 amide bonds. The number of carbonyl (C=O) groups is 4. The third-order valence-corrected chi connectivity index (χ3v) is 4.43. The highest BCUT2D eigenvalue weighted by molar-refractivity contribution is 6.78. The van der Waals surface area contributed by atoms with Gasteiger partial charge in [-0.1, -0.05) is 0 Å². The molecule has 0 bridgehead atoms. The number of hydrogen-bond donors (Lipinski definition) is 0. The summed E-state index contributed by atoms with van der Waals surface area (Å²) < 4.78 is 0. The summed E-state index contributed by atoms with van der Waals surface area (Å²) in [6.45, 7) is -2.45. The van der Waals surface area contributed by atoms with Crippen LogP contribution in [0.2, 0.25) is 0 Å². The smallest absolute Gasteiger partial charge is 0.400 e. The Labute approximate surface area is 122 Å². The van der Waals surface area contributed by atoms with Crippen LogP contribution >= 0.6 is 0 Å². The van der Waals surface area contributed by atoms with Gasteiger partial charge in [-0.2, -0.15) is 0 Å². The number of nitrogens with zero attached hydrogens (tertiary/aromatic N) is 6. The zero-order chi connectivity index (χ0) is 16.3. The van der Waals surface area contributed by atoms with Crippen molar-refractivity contribution in [2.45, 2.75) is 0 Å². The van der Waals surface area contributed by atoms with Crippen molar-refractivity contribution in [3.63, 3.8) is 0 Å². The lowest BCUT2D eigenvalue weighted by Crippen LogP contribution is -2.90. The Morgan fingerprint density at radius 2 is 0.714 bits per heavy atom. The number of rotatable bonds is 0. The SMILES string of the molecule is CN1C(=O)N(C)[B-]2(N(C)C1=O)N(C)C(=O)N(C)C(=O)N2C. The van der Waals surface area contributed by atoms with Gasteiger partial charge in [0.15, 0.2) is 0 Å². The van der Waals surface area contributed by atoms with Crippen LogP contribution in [0.1, 0.15) is 0 Å². The number of amides is 8. The maximum Gasteiger partial charge on any atom is 0.400 e. The maximum atomic E-state index is 12.3. The molecule has 2 aliphatic rings. The molecule has 1 spiro atoms. The van der Waals surface area contributed by atoms with Crippen molar-refractivity contribution in [2.24, 2.45) is 0 Å². The van der Waals surface area contributed by atoms with Gasteiger partial charge in [-0.15, -0.1) is 0 Å². The van der Waals surface area contributed by atoms with Crippen molar-refractivity contribution >= 4 is 30.8 Å². The molecule has 0 aromatic heterocycles. The first kappa shape index (κ1) is 14.9. The molecule has 2 aliphatic heterocycles. The van der Waals surface area contributed by atoms with E-state index in [2.05, 4.69) is 0 Å². The molecule has 2 fully saturated rings. The Morgan fingerprint density at radius 3 is 0.905 bits per heavy atom. The standard InChI is InChI=1S/C10H18BN6O4/c1-12-7(18)14(3)11(15(4)8(12)19)16(5)9(20)13(2)10(21)17(11)6/h1-6H3/q-1. The molecule has 10 nitrogen and oxygen atoms in total. The molecule has 0 unspecified atom stereocenters. The van der Waals surface area contributed by atoms with E-state index in [1.54, 1.807) is 0 Å². The van der Waals surface area contributed by atoms with Crippen molar-refractivity contribution in [1.82, 2.24) is 29.0 Å². The van der Waals surface area contributed by atoms with Crippen molar-refractivity contribution < 1.29 is 19.2 Å². The Bertz CT molecular complexity index is 458. The third kappa shape index (κ3) is 1.48. The van der Waals surface area contributed by atoms with Crippen molar-refractivity contribution in [1.29, 1.82) is 0 Å². The molecule has 116 valence electrons. The minimum Gasteiger partial charge on any atom is -0.443 e. The van der Waals surface area contributed by atoms with E-state index in [1.807, 2.05) is 0 Å². The van der Waals surface area contributed by atoms with Crippen molar-refractivity contribution in [2.75, 3.05) is 42.3 Å². The molecule has 0 N–H and O–H groups in total. The first-order valence-electron chi connectivity index (χ1n) is 6.32. The highest BCUT2D eigenvalue weighted by atomic mass is 16.2. The number of carbonyl (C=O) groups excluding carboxylic acids is 4. The molecule has 11 heteroatoms. The number of imide groups is 2. The third-order valence-electron chi connectivity index (χ3n) is 4.43. The van der Waals surface area contributed by atoms with Crippen LogP contribution in [-0.2, 0) is 0 Å². The average Bonchev–Trinajstić information content (AvgIpc) is 2.47. The van der Waals surface area contributed by atoms with Gasteiger partial charge < -0.3 is 19.2 Å². The van der Waals surface area contributed by atoms with E-state index in [0.717, 1.165) is 9.80 Å². The van der Waals surface area contributed by atoms with Crippen LogP contribution < -0.4 is 0 Å². The molecule has 21 heavy (non-hydrogen) atoms. The predicted octanol–water partition coefficient (Wildman–Crippen LogP) is -0.480. The molecule has 0 aromatic rings. The van der Waals surface area contributed by atoms with Crippen LogP contribution in [0.4, 0.5) is 19.2 Å². The lowest BCUT2D eigenvalue weighted by molar-refractivity contribution is 0.118. The molecule has 0 radical (unpaired) electrons. The van der Waals surface area contributed by atoms with Gasteiger partial charge in [0.1, 0.15) is 0 Å². The van der Waals surface area contributed by atoms with Gasteiger partial charge in [-0.25, -0.2) is 0 Å². The second-order valence-corrected chi connectivity index (χ2v) is 5.38. The first-order chi connectivity index (χ1) is 9.59. The number of hydrogen-bond acceptors (Lipinski definition) is 4. The van der Waals surface area contributed by atoms with Crippen LogP contribution in [0.25, 0.3) is 0 Å². The molecule has 2 saturated heterocycles. The molecular weight excluding hydrogens is 279 g/mol. The average molecular weight is 297 g/mol. The van der Waals surface area contributed by atoms with E-state index in [4.69, 9.17) is 0 Å². The van der Waals surface area contributed by atoms with Crippen LogP contribution in [0.15, 0.2) is 0 Å². The van der Waals surface area contributed by atoms with Gasteiger partial charge in [0.2, 0.25) is 0 Å². The molecule has 0 atom stereocenters. The predicted molar refractivity (Wildman–Crippen MR) is 73.9 cm³/mol.